The maximum Gasteiger partial charge on any atom is 0.315 e. The molecule has 0 bridgehead atoms. The molecule has 0 radical (unpaired) electrons. The first-order chi connectivity index (χ1) is 9.70. The van der Waals surface area contributed by atoms with Crippen molar-refractivity contribution < 1.29 is 9.53 Å². The molecule has 20 heavy (non-hydrogen) atoms. The number of carbonyl (C=O) groups is 1. The van der Waals surface area contributed by atoms with Crippen LogP contribution in [-0.2, 0) is 16.0 Å². The van der Waals surface area contributed by atoms with Gasteiger partial charge in [0.05, 0.1) is 12.3 Å². The van der Waals surface area contributed by atoms with Crippen LogP contribution in [0.3, 0.4) is 0 Å². The molecule has 0 aliphatic rings. The Hall–Kier alpha value is -1.68. The number of hydrogen-bond acceptors (Lipinski definition) is 3. The third-order valence-electron chi connectivity index (χ3n) is 2.96. The summed E-state index contributed by atoms with van der Waals surface area (Å²) in [6.07, 6.45) is 2.29. The molecule has 3 nitrogen and oxygen atoms in total. The van der Waals surface area contributed by atoms with Crippen LogP contribution in [0.4, 0.5) is 0 Å². The summed E-state index contributed by atoms with van der Waals surface area (Å²) < 4.78 is 6.06. The third-order valence-corrected chi connectivity index (χ3v) is 3.43. The number of nitrogens with zero attached hydrogens (tertiary/aromatic N) is 1. The molecular formula is C16H16BrNO2. The molecule has 0 aliphatic carbocycles. The van der Waals surface area contributed by atoms with E-state index in [4.69, 9.17) is 4.74 Å². The van der Waals surface area contributed by atoms with Crippen molar-refractivity contribution in [3.05, 3.63) is 64.4 Å². The van der Waals surface area contributed by atoms with Crippen molar-refractivity contribution in [2.45, 2.75) is 19.3 Å². The van der Waals surface area contributed by atoms with Gasteiger partial charge in [0.15, 0.2) is 0 Å². The summed E-state index contributed by atoms with van der Waals surface area (Å²) >= 11 is 3.35. The molecule has 1 unspecified atom stereocenters. The standard InChI is InChI=1S/C16H16BrNO2/c1-2-20-16(19)14(10-12-6-4-3-5-7-12)15-9-8-13(17)11-18-15/h3-9,11,14H,2,10H2,1H3. The van der Waals surface area contributed by atoms with E-state index in [1.165, 1.54) is 0 Å². The number of ether oxygens (including phenoxy) is 1. The lowest BCUT2D eigenvalue weighted by Crippen LogP contribution is -2.19. The number of halogens is 1. The van der Waals surface area contributed by atoms with Gasteiger partial charge in [-0.15, -0.1) is 0 Å². The zero-order valence-electron chi connectivity index (χ0n) is 11.3. The molecule has 4 heteroatoms. The average Bonchev–Trinajstić information content (AvgIpc) is 2.47. The van der Waals surface area contributed by atoms with E-state index in [9.17, 15) is 4.79 Å². The van der Waals surface area contributed by atoms with Gasteiger partial charge in [-0.1, -0.05) is 30.3 Å². The van der Waals surface area contributed by atoms with Crippen molar-refractivity contribution in [1.29, 1.82) is 0 Å². The monoisotopic (exact) mass is 333 g/mol. The molecule has 1 aromatic carbocycles. The fourth-order valence-electron chi connectivity index (χ4n) is 1.99. The van der Waals surface area contributed by atoms with Crippen LogP contribution in [-0.4, -0.2) is 17.6 Å². The number of pyridine rings is 1. The molecule has 1 atom stereocenters. The molecule has 2 aromatic rings. The minimum absolute atomic E-state index is 0.230. The van der Waals surface area contributed by atoms with Crippen molar-refractivity contribution >= 4 is 21.9 Å². The topological polar surface area (TPSA) is 39.2 Å². The van der Waals surface area contributed by atoms with Gasteiger partial charge in [0.1, 0.15) is 5.92 Å². The normalized spacial score (nSPS) is 11.9. The summed E-state index contributed by atoms with van der Waals surface area (Å²) in [7, 11) is 0. The Morgan fingerprint density at radius 2 is 2.00 bits per heavy atom. The number of benzene rings is 1. The summed E-state index contributed by atoms with van der Waals surface area (Å²) in [6, 6.07) is 13.6. The SMILES string of the molecule is CCOC(=O)C(Cc1ccccc1)c1ccc(Br)cn1. The quantitative estimate of drug-likeness (QED) is 0.782. The van der Waals surface area contributed by atoms with Crippen molar-refractivity contribution in [2.75, 3.05) is 6.61 Å². The lowest BCUT2D eigenvalue weighted by atomic mass is 9.96. The Kier molecular flexibility index (Phi) is 5.30. The van der Waals surface area contributed by atoms with Gasteiger partial charge in [0, 0.05) is 10.7 Å². The van der Waals surface area contributed by atoms with Gasteiger partial charge in [0.25, 0.3) is 0 Å². The predicted molar refractivity (Wildman–Crippen MR) is 81.5 cm³/mol. The molecule has 104 valence electrons. The van der Waals surface area contributed by atoms with Crippen LogP contribution in [0.25, 0.3) is 0 Å². The lowest BCUT2D eigenvalue weighted by Gasteiger charge is -2.15. The Bertz CT molecular complexity index is 554. The lowest BCUT2D eigenvalue weighted by molar-refractivity contribution is -0.145. The maximum atomic E-state index is 12.2. The number of aromatic nitrogens is 1. The van der Waals surface area contributed by atoms with Crippen LogP contribution < -0.4 is 0 Å². The van der Waals surface area contributed by atoms with E-state index >= 15 is 0 Å². The van der Waals surface area contributed by atoms with Crippen LogP contribution in [0.15, 0.2) is 53.1 Å². The van der Waals surface area contributed by atoms with Gasteiger partial charge in [-0.05, 0) is 47.0 Å². The maximum absolute atomic E-state index is 12.2. The molecule has 0 aliphatic heterocycles. The smallest absolute Gasteiger partial charge is 0.315 e. The second-order valence-electron chi connectivity index (χ2n) is 4.40. The summed E-state index contributed by atoms with van der Waals surface area (Å²) in [4.78, 5) is 16.5. The highest BCUT2D eigenvalue weighted by Crippen LogP contribution is 2.22. The van der Waals surface area contributed by atoms with Crippen LogP contribution in [0, 0.1) is 0 Å². The molecular weight excluding hydrogens is 318 g/mol. The van der Waals surface area contributed by atoms with Gasteiger partial charge in [-0.2, -0.15) is 0 Å². The highest BCUT2D eigenvalue weighted by Gasteiger charge is 2.23. The number of carbonyl (C=O) groups excluding carboxylic acids is 1. The molecule has 0 N–H and O–H groups in total. The van der Waals surface area contributed by atoms with Gasteiger partial charge in [-0.25, -0.2) is 0 Å². The summed E-state index contributed by atoms with van der Waals surface area (Å²) in [5.74, 6) is -0.600. The van der Waals surface area contributed by atoms with E-state index in [1.807, 2.05) is 49.4 Å². The Morgan fingerprint density at radius 3 is 2.60 bits per heavy atom. The predicted octanol–water partition coefficient (Wildman–Crippen LogP) is 3.73. The van der Waals surface area contributed by atoms with E-state index in [1.54, 1.807) is 6.20 Å². The van der Waals surface area contributed by atoms with E-state index in [-0.39, 0.29) is 11.9 Å². The first-order valence-corrected chi connectivity index (χ1v) is 7.32. The van der Waals surface area contributed by atoms with Crippen LogP contribution in [0.2, 0.25) is 0 Å². The fourth-order valence-corrected chi connectivity index (χ4v) is 2.23. The zero-order chi connectivity index (χ0) is 14.4. The molecule has 0 amide bonds. The molecule has 2 rings (SSSR count). The van der Waals surface area contributed by atoms with E-state index in [0.29, 0.717) is 13.0 Å². The average molecular weight is 334 g/mol. The van der Waals surface area contributed by atoms with Crippen molar-refractivity contribution in [2.24, 2.45) is 0 Å². The molecule has 0 saturated carbocycles. The van der Waals surface area contributed by atoms with Crippen LogP contribution >= 0.6 is 15.9 Å². The molecule has 0 saturated heterocycles. The van der Waals surface area contributed by atoms with E-state index in [0.717, 1.165) is 15.7 Å². The van der Waals surface area contributed by atoms with Gasteiger partial charge >= 0.3 is 5.97 Å². The largest absolute Gasteiger partial charge is 0.465 e. The second-order valence-corrected chi connectivity index (χ2v) is 5.31. The van der Waals surface area contributed by atoms with E-state index in [2.05, 4.69) is 20.9 Å². The van der Waals surface area contributed by atoms with Crippen molar-refractivity contribution in [1.82, 2.24) is 4.98 Å². The van der Waals surface area contributed by atoms with Gasteiger partial charge in [0.2, 0.25) is 0 Å². The highest BCUT2D eigenvalue weighted by molar-refractivity contribution is 9.10. The number of rotatable bonds is 5. The first-order valence-electron chi connectivity index (χ1n) is 6.52. The van der Waals surface area contributed by atoms with Crippen LogP contribution in [0.1, 0.15) is 24.1 Å². The number of esters is 1. The Labute approximate surface area is 127 Å². The van der Waals surface area contributed by atoms with E-state index < -0.39 is 0 Å². The summed E-state index contributed by atoms with van der Waals surface area (Å²) in [5.41, 5.74) is 1.82. The molecule has 1 heterocycles. The summed E-state index contributed by atoms with van der Waals surface area (Å²) in [6.45, 7) is 2.19. The minimum Gasteiger partial charge on any atom is -0.465 e. The zero-order valence-corrected chi connectivity index (χ0v) is 12.8. The van der Waals surface area contributed by atoms with Crippen molar-refractivity contribution in [3.63, 3.8) is 0 Å². The van der Waals surface area contributed by atoms with Gasteiger partial charge in [-0.3, -0.25) is 9.78 Å². The third kappa shape index (κ3) is 3.90. The Morgan fingerprint density at radius 1 is 1.25 bits per heavy atom. The molecule has 0 spiro atoms. The fraction of sp³-hybridized carbons (Fsp3) is 0.250. The summed E-state index contributed by atoms with van der Waals surface area (Å²) in [5, 5.41) is 0. The molecule has 0 fully saturated rings. The highest BCUT2D eigenvalue weighted by atomic mass is 79.9. The van der Waals surface area contributed by atoms with Crippen molar-refractivity contribution in [3.8, 4) is 0 Å². The number of hydrogen-bond donors (Lipinski definition) is 0. The molecule has 1 aromatic heterocycles. The minimum atomic E-state index is -0.370. The first kappa shape index (κ1) is 14.7. The van der Waals surface area contributed by atoms with Gasteiger partial charge < -0.3 is 4.74 Å². The van der Waals surface area contributed by atoms with Crippen LogP contribution in [0.5, 0.6) is 0 Å². The Balaban J connectivity index is 2.25. The second kappa shape index (κ2) is 7.20.